The van der Waals surface area contributed by atoms with Crippen LogP contribution >= 0.6 is 0 Å². The van der Waals surface area contributed by atoms with Gasteiger partial charge in [0.1, 0.15) is 16.4 Å². The van der Waals surface area contributed by atoms with Crippen molar-refractivity contribution in [3.63, 3.8) is 0 Å². The maximum atomic E-state index is 12.5. The van der Waals surface area contributed by atoms with Gasteiger partial charge in [0.15, 0.2) is 0 Å². The first kappa shape index (κ1) is 17.6. The van der Waals surface area contributed by atoms with Gasteiger partial charge in [-0.15, -0.1) is 0 Å². The van der Waals surface area contributed by atoms with E-state index in [1.807, 2.05) is 24.3 Å². The minimum absolute atomic E-state index is 0.0529. The molecule has 1 heterocycles. The zero-order valence-electron chi connectivity index (χ0n) is 13.2. The normalized spacial score (nSPS) is 17.0. The van der Waals surface area contributed by atoms with Gasteiger partial charge in [0, 0.05) is 12.5 Å². The van der Waals surface area contributed by atoms with Crippen molar-refractivity contribution in [3.8, 4) is 11.5 Å². The third kappa shape index (κ3) is 4.08. The smallest absolute Gasteiger partial charge is 0.387 e. The first-order chi connectivity index (χ1) is 12.0. The van der Waals surface area contributed by atoms with E-state index in [0.717, 1.165) is 11.3 Å². The van der Waals surface area contributed by atoms with E-state index in [-0.39, 0.29) is 23.1 Å². The van der Waals surface area contributed by atoms with Crippen LogP contribution in [-0.2, 0) is 10.0 Å². The van der Waals surface area contributed by atoms with Gasteiger partial charge >= 0.3 is 6.61 Å². The first-order valence-corrected chi connectivity index (χ1v) is 9.21. The van der Waals surface area contributed by atoms with Crippen molar-refractivity contribution >= 4 is 10.0 Å². The highest BCUT2D eigenvalue weighted by Crippen LogP contribution is 2.33. The number of para-hydroxylation sites is 2. The molecular formula is C17H17F2NO4S. The molecule has 1 unspecified atom stereocenters. The Morgan fingerprint density at radius 3 is 2.68 bits per heavy atom. The van der Waals surface area contributed by atoms with Crippen LogP contribution in [0.3, 0.4) is 0 Å². The van der Waals surface area contributed by atoms with E-state index in [9.17, 15) is 17.2 Å². The van der Waals surface area contributed by atoms with Crippen LogP contribution in [-0.4, -0.2) is 28.2 Å². The molecule has 1 N–H and O–H groups in total. The topological polar surface area (TPSA) is 64.6 Å². The van der Waals surface area contributed by atoms with Crippen LogP contribution in [0.25, 0.3) is 0 Å². The fourth-order valence-electron chi connectivity index (χ4n) is 2.78. The summed E-state index contributed by atoms with van der Waals surface area (Å²) in [6, 6.07) is 12.8. The molecule has 0 fully saturated rings. The summed E-state index contributed by atoms with van der Waals surface area (Å²) in [5, 5.41) is 0. The molecule has 0 spiro atoms. The van der Waals surface area contributed by atoms with E-state index in [1.165, 1.54) is 24.3 Å². The van der Waals surface area contributed by atoms with Gasteiger partial charge in [-0.1, -0.05) is 30.3 Å². The number of alkyl halides is 2. The highest BCUT2D eigenvalue weighted by molar-refractivity contribution is 7.89. The van der Waals surface area contributed by atoms with Crippen molar-refractivity contribution < 1.29 is 26.7 Å². The number of rotatable bonds is 6. The molecule has 3 rings (SSSR count). The molecule has 0 bridgehead atoms. The molecule has 0 saturated heterocycles. The van der Waals surface area contributed by atoms with Crippen LogP contribution in [0.2, 0.25) is 0 Å². The van der Waals surface area contributed by atoms with Gasteiger partial charge in [-0.05, 0) is 30.2 Å². The molecule has 8 heteroatoms. The third-order valence-electron chi connectivity index (χ3n) is 3.96. The maximum absolute atomic E-state index is 12.5. The van der Waals surface area contributed by atoms with Gasteiger partial charge in [-0.25, -0.2) is 13.1 Å². The SMILES string of the molecule is O=S(=O)(NCC1CCOc2ccccc21)c1ccccc1OC(F)F. The van der Waals surface area contributed by atoms with Gasteiger partial charge < -0.3 is 9.47 Å². The summed E-state index contributed by atoms with van der Waals surface area (Å²) in [4.78, 5) is -0.310. The Labute approximate surface area is 144 Å². The molecule has 2 aromatic rings. The van der Waals surface area contributed by atoms with Gasteiger partial charge in [-0.2, -0.15) is 8.78 Å². The van der Waals surface area contributed by atoms with E-state index in [2.05, 4.69) is 9.46 Å². The fraction of sp³-hybridized carbons (Fsp3) is 0.294. The predicted molar refractivity (Wildman–Crippen MR) is 87.6 cm³/mol. The van der Waals surface area contributed by atoms with Crippen molar-refractivity contribution in [1.29, 1.82) is 0 Å². The number of sulfonamides is 1. The molecule has 1 aliphatic rings. The second kappa shape index (κ2) is 7.37. The average Bonchev–Trinajstić information content (AvgIpc) is 2.60. The molecule has 0 aliphatic carbocycles. The van der Waals surface area contributed by atoms with Crippen LogP contribution in [0.5, 0.6) is 11.5 Å². The van der Waals surface area contributed by atoms with Crippen molar-refractivity contribution in [2.75, 3.05) is 13.2 Å². The summed E-state index contributed by atoms with van der Waals surface area (Å²) >= 11 is 0. The van der Waals surface area contributed by atoms with Crippen LogP contribution in [0, 0.1) is 0 Å². The van der Waals surface area contributed by atoms with E-state index >= 15 is 0 Å². The quantitative estimate of drug-likeness (QED) is 0.850. The summed E-state index contributed by atoms with van der Waals surface area (Å²) < 4.78 is 62.4. The lowest BCUT2D eigenvalue weighted by Crippen LogP contribution is -2.31. The van der Waals surface area contributed by atoms with Crippen molar-refractivity contribution in [1.82, 2.24) is 4.72 Å². The molecule has 134 valence electrons. The second-order valence-electron chi connectivity index (χ2n) is 5.55. The molecule has 1 aliphatic heterocycles. The Morgan fingerprint density at radius 1 is 1.16 bits per heavy atom. The van der Waals surface area contributed by atoms with Crippen molar-refractivity contribution in [3.05, 3.63) is 54.1 Å². The van der Waals surface area contributed by atoms with Crippen molar-refractivity contribution in [2.45, 2.75) is 23.8 Å². The summed E-state index contributed by atoms with van der Waals surface area (Å²) in [7, 11) is -3.99. The van der Waals surface area contributed by atoms with E-state index in [0.29, 0.717) is 13.0 Å². The van der Waals surface area contributed by atoms with Crippen LogP contribution in [0.4, 0.5) is 8.78 Å². The van der Waals surface area contributed by atoms with Crippen molar-refractivity contribution in [2.24, 2.45) is 0 Å². The highest BCUT2D eigenvalue weighted by Gasteiger charge is 2.25. The highest BCUT2D eigenvalue weighted by atomic mass is 32.2. The van der Waals surface area contributed by atoms with Crippen LogP contribution in [0.15, 0.2) is 53.4 Å². The Hall–Kier alpha value is -2.19. The monoisotopic (exact) mass is 369 g/mol. The summed E-state index contributed by atoms with van der Waals surface area (Å²) in [6.07, 6.45) is 0.661. The number of hydrogen-bond donors (Lipinski definition) is 1. The first-order valence-electron chi connectivity index (χ1n) is 7.72. The zero-order chi connectivity index (χ0) is 17.9. The molecule has 2 aromatic carbocycles. The molecule has 0 saturated carbocycles. The Bertz CT molecular complexity index is 842. The van der Waals surface area contributed by atoms with Gasteiger partial charge in [-0.3, -0.25) is 0 Å². The number of halogens is 2. The molecule has 25 heavy (non-hydrogen) atoms. The summed E-state index contributed by atoms with van der Waals surface area (Å²) in [5.41, 5.74) is 0.925. The largest absolute Gasteiger partial charge is 0.493 e. The average molecular weight is 369 g/mol. The molecule has 0 radical (unpaired) electrons. The lowest BCUT2D eigenvalue weighted by Gasteiger charge is -2.26. The van der Waals surface area contributed by atoms with Gasteiger partial charge in [0.25, 0.3) is 0 Å². The minimum Gasteiger partial charge on any atom is -0.493 e. The van der Waals surface area contributed by atoms with Gasteiger partial charge in [0.2, 0.25) is 10.0 Å². The maximum Gasteiger partial charge on any atom is 0.387 e. The fourth-order valence-corrected chi connectivity index (χ4v) is 4.00. The zero-order valence-corrected chi connectivity index (χ0v) is 14.0. The lowest BCUT2D eigenvalue weighted by atomic mass is 9.93. The molecule has 1 atom stereocenters. The Balaban J connectivity index is 1.78. The lowest BCUT2D eigenvalue weighted by molar-refractivity contribution is -0.0517. The van der Waals surface area contributed by atoms with E-state index < -0.39 is 16.6 Å². The minimum atomic E-state index is -3.99. The van der Waals surface area contributed by atoms with Crippen LogP contribution < -0.4 is 14.2 Å². The number of hydrogen-bond acceptors (Lipinski definition) is 4. The number of nitrogens with one attached hydrogen (secondary N) is 1. The standard InChI is InChI=1S/C17H17F2NO4S/c18-17(19)24-15-7-3-4-8-16(15)25(21,22)20-11-12-9-10-23-14-6-2-1-5-13(12)14/h1-8,12,17,20H,9-11H2. The number of benzene rings is 2. The third-order valence-corrected chi connectivity index (χ3v) is 5.42. The Morgan fingerprint density at radius 2 is 1.88 bits per heavy atom. The van der Waals surface area contributed by atoms with E-state index in [4.69, 9.17) is 4.74 Å². The predicted octanol–water partition coefficient (Wildman–Crippen LogP) is 3.13. The number of ether oxygens (including phenoxy) is 2. The summed E-state index contributed by atoms with van der Waals surface area (Å²) in [5.74, 6) is 0.305. The molecule has 0 aromatic heterocycles. The second-order valence-corrected chi connectivity index (χ2v) is 7.28. The molecular weight excluding hydrogens is 352 g/mol. The van der Waals surface area contributed by atoms with E-state index in [1.54, 1.807) is 0 Å². The van der Waals surface area contributed by atoms with Crippen LogP contribution in [0.1, 0.15) is 17.9 Å². The number of fused-ring (bicyclic) bond motifs is 1. The summed E-state index contributed by atoms with van der Waals surface area (Å²) in [6.45, 7) is -2.46. The molecule has 5 nitrogen and oxygen atoms in total. The van der Waals surface area contributed by atoms with Gasteiger partial charge in [0.05, 0.1) is 6.61 Å². The Kier molecular flexibility index (Phi) is 5.19. The molecule has 0 amide bonds.